The summed E-state index contributed by atoms with van der Waals surface area (Å²) in [7, 11) is -3.86. The summed E-state index contributed by atoms with van der Waals surface area (Å²) in [6.07, 6.45) is 2.51. The van der Waals surface area contributed by atoms with Crippen LogP contribution in [-0.2, 0) is 21.2 Å². The number of rotatable bonds is 6. The molecule has 1 fully saturated rings. The Morgan fingerprint density at radius 1 is 1.03 bits per heavy atom. The average Bonchev–Trinajstić information content (AvgIpc) is 3.25. The third kappa shape index (κ3) is 4.26. The Labute approximate surface area is 203 Å². The maximum Gasteiger partial charge on any atom is 0.264 e. The molecule has 0 spiro atoms. The zero-order valence-corrected chi connectivity index (χ0v) is 20.1. The lowest BCUT2D eigenvalue weighted by Crippen LogP contribution is -2.27. The van der Waals surface area contributed by atoms with E-state index in [1.165, 1.54) is 17.3 Å². The number of nitrogens with zero attached hydrogens (tertiary/aromatic N) is 2. The predicted octanol–water partition coefficient (Wildman–Crippen LogP) is 5.38. The number of carbonyl (C=O) groups is 1. The molecule has 34 heavy (non-hydrogen) atoms. The molecule has 4 aromatic rings. The fourth-order valence-corrected chi connectivity index (χ4v) is 6.50. The Kier molecular flexibility index (Phi) is 6.02. The van der Waals surface area contributed by atoms with Crippen LogP contribution in [0.5, 0.6) is 0 Å². The van der Waals surface area contributed by atoms with Crippen LogP contribution in [0.1, 0.15) is 23.4 Å². The maximum absolute atomic E-state index is 13.2. The van der Waals surface area contributed by atoms with Crippen molar-refractivity contribution in [2.24, 2.45) is 0 Å². The number of carbonyl (C=O) groups excluding carboxylic acids is 1. The zero-order valence-electron chi connectivity index (χ0n) is 18.5. The number of fused-ring (bicyclic) bond motifs is 1. The third-order valence-corrected chi connectivity index (χ3v) is 8.43. The molecule has 1 atom stereocenters. The van der Waals surface area contributed by atoms with Gasteiger partial charge in [0.05, 0.1) is 11.3 Å². The molecular formula is C26H23N3O3S2. The van der Waals surface area contributed by atoms with Crippen LogP contribution in [0.2, 0.25) is 0 Å². The zero-order chi connectivity index (χ0) is 23.7. The number of aromatic nitrogens is 1. The molecule has 0 aliphatic carbocycles. The van der Waals surface area contributed by atoms with E-state index in [0.717, 1.165) is 23.1 Å². The van der Waals surface area contributed by atoms with Crippen LogP contribution in [0.4, 0.5) is 11.4 Å². The first kappa shape index (κ1) is 22.4. The molecular weight excluding hydrogens is 466 g/mol. The number of hydrogen-bond acceptors (Lipinski definition) is 5. The molecule has 1 aromatic heterocycles. The van der Waals surface area contributed by atoms with Crippen molar-refractivity contribution < 1.29 is 13.2 Å². The number of para-hydroxylation sites is 1. The first-order valence-corrected chi connectivity index (χ1v) is 13.5. The van der Waals surface area contributed by atoms with E-state index in [2.05, 4.69) is 16.6 Å². The first-order chi connectivity index (χ1) is 16.5. The standard InChI is InChI=1S/C26H23N3O3S2/c1-2-18-11-13-22(14-12-18)29-24(30)17-33-26(29)20-7-3-9-21(16-20)28-34(31,32)23-10-4-6-19-8-5-15-27-25(19)23/h3-16,26,28H,2,17H2,1H3. The largest absolute Gasteiger partial charge is 0.295 e. The van der Waals surface area contributed by atoms with E-state index in [1.54, 1.807) is 47.5 Å². The van der Waals surface area contributed by atoms with Gasteiger partial charge in [0.1, 0.15) is 10.3 Å². The second-order valence-corrected chi connectivity index (χ2v) is 10.7. The minimum atomic E-state index is -3.86. The van der Waals surface area contributed by atoms with Crippen LogP contribution >= 0.6 is 11.8 Å². The van der Waals surface area contributed by atoms with Gasteiger partial charge in [-0.3, -0.25) is 19.4 Å². The smallest absolute Gasteiger partial charge is 0.264 e. The van der Waals surface area contributed by atoms with Gasteiger partial charge in [-0.2, -0.15) is 0 Å². The van der Waals surface area contributed by atoms with Crippen molar-refractivity contribution >= 4 is 50.0 Å². The summed E-state index contributed by atoms with van der Waals surface area (Å²) in [6, 6.07) is 23.9. The number of aryl methyl sites for hydroxylation is 1. The highest BCUT2D eigenvalue weighted by molar-refractivity contribution is 8.00. The first-order valence-electron chi connectivity index (χ1n) is 11.0. The lowest BCUT2D eigenvalue weighted by atomic mass is 10.1. The highest BCUT2D eigenvalue weighted by Crippen LogP contribution is 2.42. The van der Waals surface area contributed by atoms with E-state index < -0.39 is 10.0 Å². The lowest BCUT2D eigenvalue weighted by Gasteiger charge is -2.25. The molecule has 0 radical (unpaired) electrons. The van der Waals surface area contributed by atoms with Crippen molar-refractivity contribution in [3.05, 3.63) is 96.2 Å². The minimum Gasteiger partial charge on any atom is -0.295 e. The Morgan fingerprint density at radius 2 is 1.79 bits per heavy atom. The Hall–Kier alpha value is -3.36. The third-order valence-electron chi connectivity index (χ3n) is 5.80. The maximum atomic E-state index is 13.2. The van der Waals surface area contributed by atoms with Gasteiger partial charge in [0.2, 0.25) is 5.91 Å². The summed E-state index contributed by atoms with van der Waals surface area (Å²) in [5.41, 5.74) is 3.76. The van der Waals surface area contributed by atoms with Crippen LogP contribution in [0.15, 0.2) is 90.0 Å². The van der Waals surface area contributed by atoms with Crippen molar-refractivity contribution in [3.8, 4) is 0 Å². The van der Waals surface area contributed by atoms with Crippen molar-refractivity contribution in [3.63, 3.8) is 0 Å². The van der Waals surface area contributed by atoms with Crippen molar-refractivity contribution in [2.45, 2.75) is 23.6 Å². The van der Waals surface area contributed by atoms with Gasteiger partial charge in [0.25, 0.3) is 10.0 Å². The molecule has 1 amide bonds. The molecule has 1 saturated heterocycles. The van der Waals surface area contributed by atoms with Crippen LogP contribution in [0.3, 0.4) is 0 Å². The highest BCUT2D eigenvalue weighted by Gasteiger charge is 2.34. The molecule has 5 rings (SSSR count). The summed E-state index contributed by atoms with van der Waals surface area (Å²) < 4.78 is 29.1. The number of hydrogen-bond donors (Lipinski definition) is 1. The molecule has 0 bridgehead atoms. The number of amides is 1. The SMILES string of the molecule is CCc1ccc(N2C(=O)CSC2c2cccc(NS(=O)(=O)c3cccc4cccnc34)c2)cc1. The molecule has 2 heterocycles. The molecule has 8 heteroatoms. The van der Waals surface area contributed by atoms with E-state index in [9.17, 15) is 13.2 Å². The number of sulfonamides is 1. The highest BCUT2D eigenvalue weighted by atomic mass is 32.2. The van der Waals surface area contributed by atoms with Gasteiger partial charge in [0, 0.05) is 23.0 Å². The lowest BCUT2D eigenvalue weighted by molar-refractivity contribution is -0.115. The summed E-state index contributed by atoms with van der Waals surface area (Å²) in [6.45, 7) is 2.09. The monoisotopic (exact) mass is 489 g/mol. The van der Waals surface area contributed by atoms with E-state index in [4.69, 9.17) is 0 Å². The quantitative estimate of drug-likeness (QED) is 0.394. The molecule has 3 aromatic carbocycles. The molecule has 1 N–H and O–H groups in total. The number of benzene rings is 3. The summed E-state index contributed by atoms with van der Waals surface area (Å²) >= 11 is 1.53. The van der Waals surface area contributed by atoms with Crippen LogP contribution in [-0.4, -0.2) is 25.1 Å². The molecule has 1 unspecified atom stereocenters. The van der Waals surface area contributed by atoms with Crippen LogP contribution in [0.25, 0.3) is 10.9 Å². The van der Waals surface area contributed by atoms with E-state index in [1.807, 2.05) is 42.5 Å². The number of pyridine rings is 1. The average molecular weight is 490 g/mol. The number of nitrogens with one attached hydrogen (secondary N) is 1. The molecule has 0 saturated carbocycles. The van der Waals surface area contributed by atoms with Gasteiger partial charge in [-0.25, -0.2) is 8.42 Å². The Morgan fingerprint density at radius 3 is 2.59 bits per heavy atom. The Bertz CT molecular complexity index is 1470. The molecule has 1 aliphatic heterocycles. The van der Waals surface area contributed by atoms with Crippen molar-refractivity contribution in [1.82, 2.24) is 4.98 Å². The summed E-state index contributed by atoms with van der Waals surface area (Å²) in [4.78, 5) is 18.9. The van der Waals surface area contributed by atoms with E-state index >= 15 is 0 Å². The Balaban J connectivity index is 1.45. The second-order valence-electron chi connectivity index (χ2n) is 8.01. The predicted molar refractivity (Wildman–Crippen MR) is 137 cm³/mol. The van der Waals surface area contributed by atoms with Crippen molar-refractivity contribution in [2.75, 3.05) is 15.4 Å². The van der Waals surface area contributed by atoms with Gasteiger partial charge < -0.3 is 0 Å². The molecule has 6 nitrogen and oxygen atoms in total. The number of thioether (sulfide) groups is 1. The van der Waals surface area contributed by atoms with Gasteiger partial charge in [0.15, 0.2) is 0 Å². The van der Waals surface area contributed by atoms with E-state index in [-0.39, 0.29) is 16.2 Å². The second kappa shape index (κ2) is 9.12. The molecule has 172 valence electrons. The summed E-state index contributed by atoms with van der Waals surface area (Å²) in [5.74, 6) is 0.407. The van der Waals surface area contributed by atoms with Crippen molar-refractivity contribution in [1.29, 1.82) is 0 Å². The summed E-state index contributed by atoms with van der Waals surface area (Å²) in [5, 5.41) is 0.522. The topological polar surface area (TPSA) is 79.4 Å². The van der Waals surface area contributed by atoms with Gasteiger partial charge in [-0.1, -0.05) is 49.4 Å². The van der Waals surface area contributed by atoms with Crippen LogP contribution < -0.4 is 9.62 Å². The minimum absolute atomic E-state index is 0.0343. The normalized spacial score (nSPS) is 16.2. The van der Waals surface area contributed by atoms with Crippen LogP contribution in [0, 0.1) is 0 Å². The van der Waals surface area contributed by atoms with Gasteiger partial charge in [-0.15, -0.1) is 11.8 Å². The number of anilines is 2. The fraction of sp³-hybridized carbons (Fsp3) is 0.154. The van der Waals surface area contributed by atoms with E-state index in [0.29, 0.717) is 17.0 Å². The molecule has 1 aliphatic rings. The fourth-order valence-electron chi connectivity index (χ4n) is 4.10. The van der Waals surface area contributed by atoms with Gasteiger partial charge >= 0.3 is 0 Å². The van der Waals surface area contributed by atoms with Gasteiger partial charge in [-0.05, 0) is 53.9 Å².